The first-order valence-corrected chi connectivity index (χ1v) is 8.96. The van der Waals surface area contributed by atoms with Gasteiger partial charge in [-0.05, 0) is 19.1 Å². The molecule has 0 spiro atoms. The molecule has 0 aliphatic carbocycles. The van der Waals surface area contributed by atoms with Crippen LogP contribution in [0.25, 0.3) is 11.4 Å². The SMILES string of the molecule is Cc1cc(=O)[nH]c(-c2cccc(OC(=O)c3cn(CC(=O)C(C)(C)C)nn3)c2)n1. The maximum Gasteiger partial charge on any atom is 0.365 e. The van der Waals surface area contributed by atoms with E-state index in [1.54, 1.807) is 31.2 Å². The van der Waals surface area contributed by atoms with Crippen molar-refractivity contribution in [3.63, 3.8) is 0 Å². The Balaban J connectivity index is 1.75. The fourth-order valence-electron chi connectivity index (χ4n) is 2.44. The van der Waals surface area contributed by atoms with Gasteiger partial charge in [-0.25, -0.2) is 14.5 Å². The Labute approximate surface area is 166 Å². The van der Waals surface area contributed by atoms with Crippen LogP contribution in [-0.2, 0) is 11.3 Å². The van der Waals surface area contributed by atoms with Gasteiger partial charge in [-0.1, -0.05) is 38.1 Å². The molecule has 29 heavy (non-hydrogen) atoms. The van der Waals surface area contributed by atoms with E-state index in [4.69, 9.17) is 4.74 Å². The molecule has 9 nitrogen and oxygen atoms in total. The second-order valence-electron chi connectivity index (χ2n) is 7.63. The number of esters is 1. The van der Waals surface area contributed by atoms with Crippen LogP contribution in [0.15, 0.2) is 41.3 Å². The Morgan fingerprint density at radius 1 is 1.21 bits per heavy atom. The maximum atomic E-state index is 12.4. The minimum Gasteiger partial charge on any atom is -0.422 e. The van der Waals surface area contributed by atoms with Gasteiger partial charge in [0, 0.05) is 22.7 Å². The van der Waals surface area contributed by atoms with Crippen LogP contribution >= 0.6 is 0 Å². The van der Waals surface area contributed by atoms with Gasteiger partial charge in [-0.2, -0.15) is 0 Å². The molecule has 1 aromatic carbocycles. The molecule has 0 bridgehead atoms. The number of benzene rings is 1. The Hall–Kier alpha value is -3.62. The second kappa shape index (κ2) is 7.78. The molecule has 0 aliphatic heterocycles. The standard InChI is InChI=1S/C20H21N5O4/c1-12-8-17(27)22-18(21-12)13-6-5-7-14(9-13)29-19(28)15-10-25(24-23-15)11-16(26)20(2,3)4/h5-10H,11H2,1-4H3,(H,21,22,27). The van der Waals surface area contributed by atoms with E-state index in [1.807, 2.05) is 20.8 Å². The number of aromatic amines is 1. The molecule has 0 atom stereocenters. The van der Waals surface area contributed by atoms with Crippen LogP contribution < -0.4 is 10.3 Å². The lowest BCUT2D eigenvalue weighted by molar-refractivity contribution is -0.127. The van der Waals surface area contributed by atoms with Gasteiger partial charge in [0.05, 0.1) is 6.20 Å². The number of carbonyl (C=O) groups is 2. The number of nitrogens with zero attached hydrogens (tertiary/aromatic N) is 4. The summed E-state index contributed by atoms with van der Waals surface area (Å²) in [6.45, 7) is 7.17. The highest BCUT2D eigenvalue weighted by molar-refractivity contribution is 5.89. The third-order valence-corrected chi connectivity index (χ3v) is 4.08. The third-order valence-electron chi connectivity index (χ3n) is 4.08. The molecule has 150 valence electrons. The molecule has 0 saturated heterocycles. The Morgan fingerprint density at radius 3 is 2.66 bits per heavy atom. The number of nitrogens with one attached hydrogen (secondary N) is 1. The van der Waals surface area contributed by atoms with Crippen molar-refractivity contribution < 1.29 is 14.3 Å². The molecule has 0 saturated carbocycles. The lowest BCUT2D eigenvalue weighted by atomic mass is 9.91. The molecule has 0 aliphatic rings. The molecule has 3 aromatic rings. The predicted molar refractivity (Wildman–Crippen MR) is 104 cm³/mol. The predicted octanol–water partition coefficient (Wildman–Crippen LogP) is 2.17. The number of rotatable bonds is 5. The molecule has 0 radical (unpaired) electrons. The number of hydrogen-bond acceptors (Lipinski definition) is 7. The zero-order valence-electron chi connectivity index (χ0n) is 16.6. The summed E-state index contributed by atoms with van der Waals surface area (Å²) in [5.41, 5.74) is 0.372. The largest absolute Gasteiger partial charge is 0.422 e. The van der Waals surface area contributed by atoms with Crippen molar-refractivity contribution in [1.82, 2.24) is 25.0 Å². The van der Waals surface area contributed by atoms with Gasteiger partial charge in [-0.15, -0.1) is 5.10 Å². The number of H-pyrrole nitrogens is 1. The average Bonchev–Trinajstić information content (AvgIpc) is 3.09. The first kappa shape index (κ1) is 20.1. The summed E-state index contributed by atoms with van der Waals surface area (Å²) in [6.07, 6.45) is 1.37. The molecular formula is C20H21N5O4. The lowest BCUT2D eigenvalue weighted by Crippen LogP contribution is -2.25. The summed E-state index contributed by atoms with van der Waals surface area (Å²) >= 11 is 0. The van der Waals surface area contributed by atoms with E-state index >= 15 is 0 Å². The van der Waals surface area contributed by atoms with Crippen LogP contribution in [0.2, 0.25) is 0 Å². The van der Waals surface area contributed by atoms with Crippen LogP contribution in [0.5, 0.6) is 5.75 Å². The topological polar surface area (TPSA) is 120 Å². The summed E-state index contributed by atoms with van der Waals surface area (Å²) in [7, 11) is 0. The zero-order valence-corrected chi connectivity index (χ0v) is 16.6. The number of aromatic nitrogens is 5. The van der Waals surface area contributed by atoms with Gasteiger partial charge in [0.25, 0.3) is 5.56 Å². The molecule has 2 heterocycles. The molecular weight excluding hydrogens is 374 g/mol. The van der Waals surface area contributed by atoms with Crippen molar-refractivity contribution in [3.05, 3.63) is 58.3 Å². The molecule has 2 aromatic heterocycles. The second-order valence-corrected chi connectivity index (χ2v) is 7.63. The van der Waals surface area contributed by atoms with Gasteiger partial charge >= 0.3 is 5.97 Å². The van der Waals surface area contributed by atoms with Crippen molar-refractivity contribution in [1.29, 1.82) is 0 Å². The Kier molecular flexibility index (Phi) is 5.40. The Morgan fingerprint density at radius 2 is 1.97 bits per heavy atom. The fraction of sp³-hybridized carbons (Fsp3) is 0.300. The van der Waals surface area contributed by atoms with Crippen molar-refractivity contribution in [2.75, 3.05) is 0 Å². The lowest BCUT2D eigenvalue weighted by Gasteiger charge is -2.15. The molecule has 0 unspecified atom stereocenters. The van der Waals surface area contributed by atoms with E-state index in [2.05, 4.69) is 20.3 Å². The van der Waals surface area contributed by atoms with Crippen LogP contribution in [0, 0.1) is 12.3 Å². The van der Waals surface area contributed by atoms with Gasteiger partial charge in [0.1, 0.15) is 18.1 Å². The quantitative estimate of drug-likeness (QED) is 0.519. The van der Waals surface area contributed by atoms with Crippen LogP contribution in [0.1, 0.15) is 37.0 Å². The Bertz CT molecular complexity index is 1120. The summed E-state index contributed by atoms with van der Waals surface area (Å²) in [5, 5.41) is 7.59. The number of hydrogen-bond donors (Lipinski definition) is 1. The normalized spacial score (nSPS) is 11.3. The highest BCUT2D eigenvalue weighted by Crippen LogP contribution is 2.21. The van der Waals surface area contributed by atoms with Crippen molar-refractivity contribution in [2.45, 2.75) is 34.2 Å². The number of ketones is 1. The van der Waals surface area contributed by atoms with Crippen molar-refractivity contribution >= 4 is 11.8 Å². The van der Waals surface area contributed by atoms with Gasteiger partial charge in [-0.3, -0.25) is 9.59 Å². The van der Waals surface area contributed by atoms with Crippen LogP contribution in [0.4, 0.5) is 0 Å². The van der Waals surface area contributed by atoms with Gasteiger partial charge < -0.3 is 9.72 Å². The first-order valence-electron chi connectivity index (χ1n) is 8.96. The highest BCUT2D eigenvalue weighted by Gasteiger charge is 2.23. The van der Waals surface area contributed by atoms with Gasteiger partial charge in [0.15, 0.2) is 11.5 Å². The van der Waals surface area contributed by atoms with Crippen molar-refractivity contribution in [3.8, 4) is 17.1 Å². The average molecular weight is 395 g/mol. The summed E-state index contributed by atoms with van der Waals surface area (Å²) in [4.78, 5) is 43.0. The van der Waals surface area contributed by atoms with E-state index in [-0.39, 0.29) is 29.3 Å². The molecule has 0 amide bonds. The number of carbonyl (C=O) groups excluding carboxylic acids is 2. The van der Waals surface area contributed by atoms with E-state index in [0.717, 1.165) is 0 Å². The molecule has 1 N–H and O–H groups in total. The first-order chi connectivity index (χ1) is 13.6. The minimum atomic E-state index is -0.706. The molecule has 3 rings (SSSR count). The molecule has 9 heteroatoms. The number of ether oxygens (including phenoxy) is 1. The van der Waals surface area contributed by atoms with Gasteiger partial charge in [0.2, 0.25) is 0 Å². The zero-order chi connectivity index (χ0) is 21.2. The van der Waals surface area contributed by atoms with Crippen LogP contribution in [0.3, 0.4) is 0 Å². The monoisotopic (exact) mass is 395 g/mol. The summed E-state index contributed by atoms with van der Waals surface area (Å²) in [6, 6.07) is 8.00. The number of Topliss-reactive ketones (excluding diaryl/α,β-unsaturated/α-hetero) is 1. The van der Waals surface area contributed by atoms with Crippen molar-refractivity contribution in [2.24, 2.45) is 5.41 Å². The van der Waals surface area contributed by atoms with Crippen LogP contribution in [-0.4, -0.2) is 36.7 Å². The smallest absolute Gasteiger partial charge is 0.365 e. The number of aryl methyl sites for hydroxylation is 1. The van der Waals surface area contributed by atoms with E-state index in [1.165, 1.54) is 16.9 Å². The van der Waals surface area contributed by atoms with E-state index in [9.17, 15) is 14.4 Å². The summed E-state index contributed by atoms with van der Waals surface area (Å²) in [5.74, 6) is -0.103. The minimum absolute atomic E-state index is 0.0146. The molecule has 0 fully saturated rings. The summed E-state index contributed by atoms with van der Waals surface area (Å²) < 4.78 is 6.66. The fourth-order valence-corrected chi connectivity index (χ4v) is 2.44. The maximum absolute atomic E-state index is 12.4. The highest BCUT2D eigenvalue weighted by atomic mass is 16.5. The third kappa shape index (κ3) is 5.01. The van der Waals surface area contributed by atoms with E-state index < -0.39 is 11.4 Å². The van der Waals surface area contributed by atoms with E-state index in [0.29, 0.717) is 17.1 Å².